The van der Waals surface area contributed by atoms with Crippen LogP contribution in [0.1, 0.15) is 32.0 Å². The van der Waals surface area contributed by atoms with E-state index in [-0.39, 0.29) is 11.8 Å². The van der Waals surface area contributed by atoms with E-state index in [1.165, 1.54) is 0 Å². The maximum absolute atomic E-state index is 12.5. The van der Waals surface area contributed by atoms with E-state index in [0.717, 1.165) is 11.3 Å². The molecule has 1 heterocycles. The van der Waals surface area contributed by atoms with Crippen molar-refractivity contribution in [1.82, 2.24) is 10.3 Å². The number of aryl methyl sites for hydroxylation is 1. The lowest BCUT2D eigenvalue weighted by Crippen LogP contribution is -2.23. The first-order chi connectivity index (χ1) is 13.0. The molecule has 1 aromatic heterocycles. The lowest BCUT2D eigenvalue weighted by Gasteiger charge is -2.10. The second-order valence-electron chi connectivity index (χ2n) is 6.00. The van der Waals surface area contributed by atoms with E-state index in [9.17, 15) is 9.59 Å². The number of halogens is 1. The van der Waals surface area contributed by atoms with E-state index in [1.807, 2.05) is 31.2 Å². The lowest BCUT2D eigenvalue weighted by molar-refractivity contribution is 0.0950. The number of pyridine rings is 1. The van der Waals surface area contributed by atoms with Gasteiger partial charge in [-0.3, -0.25) is 14.6 Å². The SMILES string of the molecule is Cc1ccc(Cl)cc1NC(=O)c1cccc(C(=O)NCc2ccccn2)c1. The van der Waals surface area contributed by atoms with Gasteiger partial charge in [0.05, 0.1) is 12.2 Å². The summed E-state index contributed by atoms with van der Waals surface area (Å²) in [6.45, 7) is 2.20. The highest BCUT2D eigenvalue weighted by Crippen LogP contribution is 2.21. The molecule has 5 nitrogen and oxygen atoms in total. The summed E-state index contributed by atoms with van der Waals surface area (Å²) in [6, 6.07) is 17.3. The quantitative estimate of drug-likeness (QED) is 0.697. The zero-order valence-electron chi connectivity index (χ0n) is 14.7. The van der Waals surface area contributed by atoms with E-state index in [4.69, 9.17) is 11.6 Å². The van der Waals surface area contributed by atoms with Crippen LogP contribution in [0.3, 0.4) is 0 Å². The number of carbonyl (C=O) groups is 2. The molecule has 0 bridgehead atoms. The van der Waals surface area contributed by atoms with Crippen LogP contribution in [0.5, 0.6) is 0 Å². The van der Waals surface area contributed by atoms with Crippen LogP contribution in [-0.2, 0) is 6.54 Å². The Kier molecular flexibility index (Phi) is 5.84. The van der Waals surface area contributed by atoms with Gasteiger partial charge in [-0.05, 0) is 55.0 Å². The molecule has 0 saturated heterocycles. The summed E-state index contributed by atoms with van der Waals surface area (Å²) in [5.74, 6) is -0.575. The monoisotopic (exact) mass is 379 g/mol. The molecule has 136 valence electrons. The number of amides is 2. The fraction of sp³-hybridized carbons (Fsp3) is 0.0952. The van der Waals surface area contributed by atoms with E-state index in [2.05, 4.69) is 15.6 Å². The summed E-state index contributed by atoms with van der Waals surface area (Å²) in [4.78, 5) is 29.1. The van der Waals surface area contributed by atoms with Gasteiger partial charge in [0.2, 0.25) is 0 Å². The molecule has 0 aliphatic rings. The zero-order chi connectivity index (χ0) is 19.2. The summed E-state index contributed by atoms with van der Waals surface area (Å²) in [7, 11) is 0. The molecule has 0 spiro atoms. The number of nitrogens with one attached hydrogen (secondary N) is 2. The van der Waals surface area contributed by atoms with Crippen LogP contribution in [0.2, 0.25) is 5.02 Å². The van der Waals surface area contributed by atoms with Gasteiger partial charge < -0.3 is 10.6 Å². The van der Waals surface area contributed by atoms with Gasteiger partial charge in [-0.2, -0.15) is 0 Å². The molecule has 0 saturated carbocycles. The largest absolute Gasteiger partial charge is 0.346 e. The number of rotatable bonds is 5. The summed E-state index contributed by atoms with van der Waals surface area (Å²) < 4.78 is 0. The smallest absolute Gasteiger partial charge is 0.255 e. The minimum absolute atomic E-state index is 0.269. The normalized spacial score (nSPS) is 10.3. The molecule has 27 heavy (non-hydrogen) atoms. The van der Waals surface area contributed by atoms with Gasteiger partial charge in [-0.25, -0.2) is 0 Å². The molecule has 0 aliphatic carbocycles. The van der Waals surface area contributed by atoms with Crippen molar-refractivity contribution in [2.24, 2.45) is 0 Å². The van der Waals surface area contributed by atoms with Crippen LogP contribution in [0.15, 0.2) is 66.9 Å². The Labute approximate surface area is 162 Å². The predicted octanol–water partition coefficient (Wildman–Crippen LogP) is 4.23. The standard InChI is InChI=1S/C21H18ClN3O2/c1-14-8-9-17(22)12-19(14)25-21(27)16-6-4-5-15(11-16)20(26)24-13-18-7-2-3-10-23-18/h2-12H,13H2,1H3,(H,24,26)(H,25,27). The Morgan fingerprint density at radius 3 is 2.48 bits per heavy atom. The summed E-state index contributed by atoms with van der Waals surface area (Å²) in [5, 5.41) is 6.16. The fourth-order valence-electron chi connectivity index (χ4n) is 2.50. The summed E-state index contributed by atoms with van der Waals surface area (Å²) in [6.07, 6.45) is 1.67. The van der Waals surface area contributed by atoms with Gasteiger partial charge in [-0.1, -0.05) is 29.8 Å². The van der Waals surface area contributed by atoms with Crippen LogP contribution in [0.25, 0.3) is 0 Å². The molecule has 2 N–H and O–H groups in total. The van der Waals surface area contributed by atoms with Crippen LogP contribution >= 0.6 is 11.6 Å². The van der Waals surface area contributed by atoms with Crippen molar-refractivity contribution in [3.05, 3.63) is 94.3 Å². The highest BCUT2D eigenvalue weighted by molar-refractivity contribution is 6.31. The summed E-state index contributed by atoms with van der Waals surface area (Å²) >= 11 is 5.99. The molecule has 3 aromatic rings. The van der Waals surface area contributed by atoms with E-state index in [0.29, 0.717) is 28.4 Å². The minimum atomic E-state index is -0.306. The first-order valence-electron chi connectivity index (χ1n) is 8.38. The third-order valence-corrected chi connectivity index (χ3v) is 4.23. The number of hydrogen-bond acceptors (Lipinski definition) is 3. The van der Waals surface area contributed by atoms with Crippen LogP contribution in [-0.4, -0.2) is 16.8 Å². The van der Waals surface area contributed by atoms with Crippen molar-refractivity contribution in [3.8, 4) is 0 Å². The van der Waals surface area contributed by atoms with Gasteiger partial charge in [0.25, 0.3) is 11.8 Å². The number of carbonyl (C=O) groups excluding carboxylic acids is 2. The van der Waals surface area contributed by atoms with Crippen molar-refractivity contribution < 1.29 is 9.59 Å². The lowest BCUT2D eigenvalue weighted by atomic mass is 10.1. The number of benzene rings is 2. The predicted molar refractivity (Wildman–Crippen MR) is 106 cm³/mol. The average Bonchev–Trinajstić information content (AvgIpc) is 2.69. The second-order valence-corrected chi connectivity index (χ2v) is 6.43. The molecule has 0 aliphatic heterocycles. The Hall–Kier alpha value is -3.18. The molecule has 0 atom stereocenters. The number of anilines is 1. The number of hydrogen-bond donors (Lipinski definition) is 2. The van der Waals surface area contributed by atoms with Crippen molar-refractivity contribution in [2.45, 2.75) is 13.5 Å². The highest BCUT2D eigenvalue weighted by Gasteiger charge is 2.12. The number of aromatic nitrogens is 1. The van der Waals surface area contributed by atoms with Gasteiger partial charge in [0.1, 0.15) is 0 Å². The third kappa shape index (κ3) is 4.92. The molecular weight excluding hydrogens is 362 g/mol. The van der Waals surface area contributed by atoms with Crippen LogP contribution in [0.4, 0.5) is 5.69 Å². The van der Waals surface area contributed by atoms with Gasteiger partial charge >= 0.3 is 0 Å². The third-order valence-electron chi connectivity index (χ3n) is 3.99. The van der Waals surface area contributed by atoms with Crippen molar-refractivity contribution in [3.63, 3.8) is 0 Å². The van der Waals surface area contributed by atoms with Crippen molar-refractivity contribution in [2.75, 3.05) is 5.32 Å². The Morgan fingerprint density at radius 1 is 0.963 bits per heavy atom. The van der Waals surface area contributed by atoms with Crippen molar-refractivity contribution in [1.29, 1.82) is 0 Å². The Morgan fingerprint density at radius 2 is 1.74 bits per heavy atom. The van der Waals surface area contributed by atoms with Crippen LogP contribution < -0.4 is 10.6 Å². The number of nitrogens with zero attached hydrogens (tertiary/aromatic N) is 1. The molecule has 2 amide bonds. The molecule has 0 radical (unpaired) electrons. The van der Waals surface area contributed by atoms with Crippen molar-refractivity contribution >= 4 is 29.1 Å². The molecule has 0 unspecified atom stereocenters. The van der Waals surface area contributed by atoms with E-state index < -0.39 is 0 Å². The Bertz CT molecular complexity index is 974. The molecular formula is C21H18ClN3O2. The molecule has 3 rings (SSSR count). The first kappa shape index (κ1) is 18.6. The molecule has 2 aromatic carbocycles. The maximum atomic E-state index is 12.5. The van der Waals surface area contributed by atoms with Crippen LogP contribution in [0, 0.1) is 6.92 Å². The zero-order valence-corrected chi connectivity index (χ0v) is 15.5. The van der Waals surface area contributed by atoms with Gasteiger partial charge in [0.15, 0.2) is 0 Å². The van der Waals surface area contributed by atoms with Gasteiger partial charge in [-0.15, -0.1) is 0 Å². The summed E-state index contributed by atoms with van der Waals surface area (Å²) in [5.41, 5.74) is 3.09. The molecule has 6 heteroatoms. The minimum Gasteiger partial charge on any atom is -0.346 e. The highest BCUT2D eigenvalue weighted by atomic mass is 35.5. The fourth-order valence-corrected chi connectivity index (χ4v) is 2.67. The molecule has 0 fully saturated rings. The van der Waals surface area contributed by atoms with E-state index in [1.54, 1.807) is 42.6 Å². The van der Waals surface area contributed by atoms with Gasteiger partial charge in [0, 0.05) is 28.0 Å². The maximum Gasteiger partial charge on any atom is 0.255 e. The first-order valence-corrected chi connectivity index (χ1v) is 8.76. The second kappa shape index (κ2) is 8.47. The van der Waals surface area contributed by atoms with E-state index >= 15 is 0 Å². The average molecular weight is 380 g/mol. The topological polar surface area (TPSA) is 71.1 Å². The Balaban J connectivity index is 1.69.